The van der Waals surface area contributed by atoms with Gasteiger partial charge in [0.05, 0.1) is 0 Å². The van der Waals surface area contributed by atoms with Gasteiger partial charge in [0.15, 0.2) is 0 Å². The normalized spacial score (nSPS) is 10.7. The molecule has 0 aliphatic rings. The summed E-state index contributed by atoms with van der Waals surface area (Å²) in [4.78, 5) is 23.8. The van der Waals surface area contributed by atoms with Crippen molar-refractivity contribution in [2.24, 2.45) is 11.5 Å². The quantitative estimate of drug-likeness (QED) is 0.562. The second-order valence-electron chi connectivity index (χ2n) is 6.53. The standard InChI is InChI=1S/C24H18N2O2/c25-23(27)21-9-3-1-7-19(21)17-13-5-12-16-15(17)11-6-14-18(16)20-8-2-4-10-22(20)24(26)28/h1-14H,(H2,25,27)(H2,26,28). The molecule has 136 valence electrons. The van der Waals surface area contributed by atoms with E-state index in [1.165, 1.54) is 0 Å². The van der Waals surface area contributed by atoms with E-state index < -0.39 is 11.8 Å². The van der Waals surface area contributed by atoms with Crippen LogP contribution in [0.15, 0.2) is 84.9 Å². The lowest BCUT2D eigenvalue weighted by Gasteiger charge is -2.14. The fraction of sp³-hybridized carbons (Fsp3) is 0. The number of fused-ring (bicyclic) bond motifs is 1. The van der Waals surface area contributed by atoms with Gasteiger partial charge in [-0.25, -0.2) is 0 Å². The lowest BCUT2D eigenvalue weighted by Crippen LogP contribution is -2.12. The van der Waals surface area contributed by atoms with Crippen LogP contribution < -0.4 is 11.5 Å². The Bertz CT molecular complexity index is 1130. The number of hydrogen-bond donors (Lipinski definition) is 2. The van der Waals surface area contributed by atoms with Crippen LogP contribution in [0.25, 0.3) is 33.0 Å². The van der Waals surface area contributed by atoms with E-state index in [2.05, 4.69) is 0 Å². The second-order valence-corrected chi connectivity index (χ2v) is 6.53. The van der Waals surface area contributed by atoms with Crippen LogP contribution in [-0.4, -0.2) is 11.8 Å². The average molecular weight is 366 g/mol. The van der Waals surface area contributed by atoms with E-state index in [9.17, 15) is 9.59 Å². The summed E-state index contributed by atoms with van der Waals surface area (Å²) >= 11 is 0. The SMILES string of the molecule is NC(=O)c1ccccc1-c1cccc2c(-c3ccccc3C(N)=O)cccc12. The van der Waals surface area contributed by atoms with Crippen LogP contribution >= 0.6 is 0 Å². The van der Waals surface area contributed by atoms with E-state index in [1.807, 2.05) is 60.7 Å². The fourth-order valence-corrected chi connectivity index (χ4v) is 3.65. The maximum atomic E-state index is 11.9. The predicted octanol–water partition coefficient (Wildman–Crippen LogP) is 4.37. The van der Waals surface area contributed by atoms with Crippen molar-refractivity contribution in [1.29, 1.82) is 0 Å². The molecule has 0 heterocycles. The molecule has 4 N–H and O–H groups in total. The molecule has 0 bridgehead atoms. The molecule has 0 unspecified atom stereocenters. The highest BCUT2D eigenvalue weighted by molar-refractivity contribution is 6.10. The number of primary amides is 2. The zero-order valence-corrected chi connectivity index (χ0v) is 15.1. The number of benzene rings is 4. The van der Waals surface area contributed by atoms with Gasteiger partial charge in [-0.3, -0.25) is 9.59 Å². The summed E-state index contributed by atoms with van der Waals surface area (Å²) in [6, 6.07) is 26.4. The third kappa shape index (κ3) is 2.91. The van der Waals surface area contributed by atoms with Gasteiger partial charge in [-0.2, -0.15) is 0 Å². The largest absolute Gasteiger partial charge is 0.366 e. The van der Waals surface area contributed by atoms with Crippen molar-refractivity contribution < 1.29 is 9.59 Å². The van der Waals surface area contributed by atoms with Gasteiger partial charge >= 0.3 is 0 Å². The van der Waals surface area contributed by atoms with Crippen molar-refractivity contribution in [1.82, 2.24) is 0 Å². The molecule has 2 amide bonds. The van der Waals surface area contributed by atoms with Gasteiger partial charge in [0.1, 0.15) is 0 Å². The van der Waals surface area contributed by atoms with E-state index in [4.69, 9.17) is 11.5 Å². The molecule has 4 nitrogen and oxygen atoms in total. The number of hydrogen-bond acceptors (Lipinski definition) is 2. The smallest absolute Gasteiger partial charge is 0.249 e. The predicted molar refractivity (Wildman–Crippen MR) is 112 cm³/mol. The number of amides is 2. The molecular formula is C24H18N2O2. The zero-order chi connectivity index (χ0) is 19.7. The number of carbonyl (C=O) groups excluding carboxylic acids is 2. The maximum absolute atomic E-state index is 11.9. The third-order valence-corrected chi connectivity index (χ3v) is 4.89. The van der Waals surface area contributed by atoms with Gasteiger partial charge in [0, 0.05) is 11.1 Å². The van der Waals surface area contributed by atoms with Crippen LogP contribution in [0, 0.1) is 0 Å². The molecule has 4 rings (SSSR count). The van der Waals surface area contributed by atoms with Crippen LogP contribution in [-0.2, 0) is 0 Å². The van der Waals surface area contributed by atoms with Gasteiger partial charge in [-0.05, 0) is 45.2 Å². The molecule has 0 aromatic heterocycles. The van der Waals surface area contributed by atoms with Crippen molar-refractivity contribution in [3.8, 4) is 22.3 Å². The number of carbonyl (C=O) groups is 2. The molecule has 4 aromatic carbocycles. The van der Waals surface area contributed by atoms with E-state index in [0.717, 1.165) is 33.0 Å². The Kier molecular flexibility index (Phi) is 4.38. The minimum absolute atomic E-state index is 0.470. The van der Waals surface area contributed by atoms with Crippen LogP contribution in [0.2, 0.25) is 0 Å². The highest BCUT2D eigenvalue weighted by Crippen LogP contribution is 2.36. The van der Waals surface area contributed by atoms with Gasteiger partial charge in [0.2, 0.25) is 11.8 Å². The minimum atomic E-state index is -0.470. The summed E-state index contributed by atoms with van der Waals surface area (Å²) in [6.45, 7) is 0. The Hall–Kier alpha value is -3.92. The molecule has 0 aliphatic carbocycles. The Labute approximate surface area is 162 Å². The van der Waals surface area contributed by atoms with E-state index >= 15 is 0 Å². The van der Waals surface area contributed by atoms with Crippen molar-refractivity contribution in [2.75, 3.05) is 0 Å². The molecule has 0 radical (unpaired) electrons. The van der Waals surface area contributed by atoms with Gasteiger partial charge < -0.3 is 11.5 Å². The zero-order valence-electron chi connectivity index (χ0n) is 15.1. The first-order chi connectivity index (χ1) is 13.6. The Morgan fingerprint density at radius 3 is 1.21 bits per heavy atom. The van der Waals surface area contributed by atoms with Crippen molar-refractivity contribution >= 4 is 22.6 Å². The molecule has 0 spiro atoms. The van der Waals surface area contributed by atoms with Gasteiger partial charge in [-0.1, -0.05) is 72.8 Å². The summed E-state index contributed by atoms with van der Waals surface area (Å²) in [5.41, 5.74) is 15.5. The van der Waals surface area contributed by atoms with Crippen molar-refractivity contribution in [3.63, 3.8) is 0 Å². The Morgan fingerprint density at radius 1 is 0.464 bits per heavy atom. The molecule has 0 aliphatic heterocycles. The molecule has 28 heavy (non-hydrogen) atoms. The maximum Gasteiger partial charge on any atom is 0.249 e. The first kappa shape index (κ1) is 17.5. The highest BCUT2D eigenvalue weighted by atomic mass is 16.1. The first-order valence-corrected chi connectivity index (χ1v) is 8.88. The summed E-state index contributed by atoms with van der Waals surface area (Å²) in [7, 11) is 0. The second kappa shape index (κ2) is 7.00. The van der Waals surface area contributed by atoms with E-state index in [1.54, 1.807) is 24.3 Å². The van der Waals surface area contributed by atoms with Crippen LogP contribution in [0.3, 0.4) is 0 Å². The number of nitrogens with two attached hydrogens (primary N) is 2. The molecular weight excluding hydrogens is 348 g/mol. The van der Waals surface area contributed by atoms with Crippen LogP contribution in [0.1, 0.15) is 20.7 Å². The molecule has 0 saturated carbocycles. The number of rotatable bonds is 4. The summed E-state index contributed by atoms with van der Waals surface area (Å²) in [5.74, 6) is -0.939. The lowest BCUT2D eigenvalue weighted by atomic mass is 9.89. The van der Waals surface area contributed by atoms with Crippen LogP contribution in [0.5, 0.6) is 0 Å². The highest BCUT2D eigenvalue weighted by Gasteiger charge is 2.15. The molecule has 0 atom stereocenters. The summed E-state index contributed by atoms with van der Waals surface area (Å²) in [5, 5.41) is 1.93. The monoisotopic (exact) mass is 366 g/mol. The molecule has 4 heteroatoms. The van der Waals surface area contributed by atoms with Crippen LogP contribution in [0.4, 0.5) is 0 Å². The van der Waals surface area contributed by atoms with Crippen molar-refractivity contribution in [2.45, 2.75) is 0 Å². The first-order valence-electron chi connectivity index (χ1n) is 8.88. The lowest BCUT2D eigenvalue weighted by molar-refractivity contribution is 0.0992. The Morgan fingerprint density at radius 2 is 0.821 bits per heavy atom. The summed E-state index contributed by atoms with van der Waals surface area (Å²) < 4.78 is 0. The average Bonchev–Trinajstić information content (AvgIpc) is 2.72. The fourth-order valence-electron chi connectivity index (χ4n) is 3.65. The third-order valence-electron chi connectivity index (χ3n) is 4.89. The van der Waals surface area contributed by atoms with Crippen molar-refractivity contribution in [3.05, 3.63) is 96.1 Å². The molecule has 4 aromatic rings. The van der Waals surface area contributed by atoms with Gasteiger partial charge in [0.25, 0.3) is 0 Å². The van der Waals surface area contributed by atoms with E-state index in [0.29, 0.717) is 11.1 Å². The van der Waals surface area contributed by atoms with E-state index in [-0.39, 0.29) is 0 Å². The molecule has 0 fully saturated rings. The minimum Gasteiger partial charge on any atom is -0.366 e. The van der Waals surface area contributed by atoms with Gasteiger partial charge in [-0.15, -0.1) is 0 Å². The summed E-state index contributed by atoms with van der Waals surface area (Å²) in [6.07, 6.45) is 0. The Balaban J connectivity index is 2.03. The molecule has 0 saturated heterocycles. The topological polar surface area (TPSA) is 86.2 Å².